The van der Waals surface area contributed by atoms with Crippen molar-refractivity contribution in [3.8, 4) is 0 Å². The molecule has 0 aliphatic heterocycles. The number of rotatable bonds is 1. The van der Waals surface area contributed by atoms with Crippen molar-refractivity contribution < 1.29 is 4.39 Å². The second kappa shape index (κ2) is 4.49. The van der Waals surface area contributed by atoms with Gasteiger partial charge in [0.2, 0.25) is 0 Å². The Bertz CT molecular complexity index is 242. The lowest BCUT2D eigenvalue weighted by Crippen LogP contribution is -2.00. The van der Waals surface area contributed by atoms with E-state index >= 15 is 0 Å². The molecule has 5 heteroatoms. The molecule has 0 saturated carbocycles. The summed E-state index contributed by atoms with van der Waals surface area (Å²) in [6.45, 7) is 0.235. The molecule has 0 fully saturated rings. The van der Waals surface area contributed by atoms with Gasteiger partial charge >= 0.3 is 0 Å². The maximum atomic E-state index is 12.3. The van der Waals surface area contributed by atoms with E-state index in [9.17, 15) is 4.39 Å². The Hall–Kier alpha value is -0.380. The number of halogens is 3. The predicted octanol–water partition coefficient (Wildman–Crippen LogP) is 1.75. The standard InChI is InChI=1S/C6H6ClFN2.ClH/c7-5-1-4(8)3-10-6(5)2-9;/h1,3H,2,9H2;1H. The van der Waals surface area contributed by atoms with Gasteiger partial charge < -0.3 is 5.73 Å². The van der Waals surface area contributed by atoms with Gasteiger partial charge in [0.1, 0.15) is 5.82 Å². The highest BCUT2D eigenvalue weighted by atomic mass is 35.5. The van der Waals surface area contributed by atoms with E-state index in [-0.39, 0.29) is 24.0 Å². The van der Waals surface area contributed by atoms with E-state index < -0.39 is 5.82 Å². The van der Waals surface area contributed by atoms with Crippen LogP contribution in [0.4, 0.5) is 4.39 Å². The minimum Gasteiger partial charge on any atom is -0.325 e. The van der Waals surface area contributed by atoms with E-state index in [0.717, 1.165) is 6.20 Å². The number of nitrogens with zero attached hydrogens (tertiary/aromatic N) is 1. The summed E-state index contributed by atoms with van der Waals surface area (Å²) in [4.78, 5) is 3.66. The van der Waals surface area contributed by atoms with Crippen LogP contribution in [0.3, 0.4) is 0 Å². The van der Waals surface area contributed by atoms with Gasteiger partial charge in [0.15, 0.2) is 0 Å². The van der Waals surface area contributed by atoms with Crippen molar-refractivity contribution in [3.63, 3.8) is 0 Å². The number of hydrogen-bond acceptors (Lipinski definition) is 2. The summed E-state index contributed by atoms with van der Waals surface area (Å²) in [5, 5.41) is 0.280. The third kappa shape index (κ3) is 2.61. The molecular formula is C6H7Cl2FN2. The molecule has 0 atom stereocenters. The quantitative estimate of drug-likeness (QED) is 0.744. The van der Waals surface area contributed by atoms with Gasteiger partial charge in [-0.1, -0.05) is 11.6 Å². The summed E-state index contributed by atoms with van der Waals surface area (Å²) >= 11 is 5.55. The lowest BCUT2D eigenvalue weighted by Gasteiger charge is -1.97. The van der Waals surface area contributed by atoms with Gasteiger partial charge in [-0.05, 0) is 6.07 Å². The molecule has 1 rings (SSSR count). The van der Waals surface area contributed by atoms with Gasteiger partial charge in [-0.15, -0.1) is 12.4 Å². The molecule has 2 nitrogen and oxygen atoms in total. The maximum Gasteiger partial charge on any atom is 0.142 e. The second-order valence-corrected chi connectivity index (χ2v) is 2.19. The van der Waals surface area contributed by atoms with Crippen LogP contribution in [0.15, 0.2) is 12.3 Å². The van der Waals surface area contributed by atoms with Gasteiger partial charge in [0.05, 0.1) is 16.9 Å². The summed E-state index contributed by atoms with van der Waals surface area (Å²) in [6, 6.07) is 1.19. The van der Waals surface area contributed by atoms with Crippen molar-refractivity contribution in [2.45, 2.75) is 6.54 Å². The summed E-state index contributed by atoms with van der Waals surface area (Å²) in [6.07, 6.45) is 1.09. The van der Waals surface area contributed by atoms with E-state index in [1.807, 2.05) is 0 Å². The minimum absolute atomic E-state index is 0. The molecule has 1 heterocycles. The third-order valence-corrected chi connectivity index (χ3v) is 1.40. The smallest absolute Gasteiger partial charge is 0.142 e. The maximum absolute atomic E-state index is 12.3. The van der Waals surface area contributed by atoms with Gasteiger partial charge in [0.25, 0.3) is 0 Å². The van der Waals surface area contributed by atoms with Crippen LogP contribution < -0.4 is 5.73 Å². The minimum atomic E-state index is -0.442. The highest BCUT2D eigenvalue weighted by molar-refractivity contribution is 6.31. The first-order chi connectivity index (χ1) is 4.74. The number of aromatic nitrogens is 1. The molecule has 0 aromatic carbocycles. The average molecular weight is 197 g/mol. The molecule has 2 N–H and O–H groups in total. The zero-order valence-electron chi connectivity index (χ0n) is 5.55. The summed E-state index contributed by atoms with van der Waals surface area (Å²) in [7, 11) is 0. The van der Waals surface area contributed by atoms with Crippen LogP contribution in [0, 0.1) is 5.82 Å². The fourth-order valence-electron chi connectivity index (χ4n) is 0.593. The average Bonchev–Trinajstić information content (AvgIpc) is 1.88. The first-order valence-corrected chi connectivity index (χ1v) is 3.12. The summed E-state index contributed by atoms with van der Waals surface area (Å²) in [5.41, 5.74) is 5.75. The molecular weight excluding hydrogens is 190 g/mol. The molecule has 1 aromatic rings. The van der Waals surface area contributed by atoms with Crippen molar-refractivity contribution in [1.29, 1.82) is 0 Å². The van der Waals surface area contributed by atoms with Crippen LogP contribution in [0.5, 0.6) is 0 Å². The lowest BCUT2D eigenvalue weighted by atomic mass is 10.3. The van der Waals surface area contributed by atoms with Crippen molar-refractivity contribution in [2.24, 2.45) is 5.73 Å². The molecule has 0 unspecified atom stereocenters. The van der Waals surface area contributed by atoms with Gasteiger partial charge in [0, 0.05) is 6.54 Å². The Labute approximate surface area is 75.0 Å². The van der Waals surface area contributed by atoms with Crippen LogP contribution in [-0.2, 0) is 6.54 Å². The van der Waals surface area contributed by atoms with E-state index in [4.69, 9.17) is 17.3 Å². The van der Waals surface area contributed by atoms with E-state index in [1.54, 1.807) is 0 Å². The molecule has 0 saturated heterocycles. The van der Waals surface area contributed by atoms with Gasteiger partial charge in [-0.3, -0.25) is 4.98 Å². The SMILES string of the molecule is Cl.NCc1ncc(F)cc1Cl. The van der Waals surface area contributed by atoms with Crippen LogP contribution in [-0.4, -0.2) is 4.98 Å². The van der Waals surface area contributed by atoms with Crippen LogP contribution in [0.1, 0.15) is 5.69 Å². The van der Waals surface area contributed by atoms with Gasteiger partial charge in [-0.2, -0.15) is 0 Å². The second-order valence-electron chi connectivity index (χ2n) is 1.79. The molecule has 0 radical (unpaired) electrons. The van der Waals surface area contributed by atoms with Crippen LogP contribution in [0.25, 0.3) is 0 Å². The Kier molecular flexibility index (Phi) is 4.33. The first-order valence-electron chi connectivity index (χ1n) is 2.74. The Morgan fingerprint density at radius 3 is 2.73 bits per heavy atom. The fourth-order valence-corrected chi connectivity index (χ4v) is 0.823. The molecule has 0 bridgehead atoms. The molecule has 0 spiro atoms. The normalized spacial score (nSPS) is 9.00. The molecule has 0 amide bonds. The van der Waals surface area contributed by atoms with Crippen molar-refractivity contribution in [1.82, 2.24) is 4.98 Å². The Morgan fingerprint density at radius 2 is 2.27 bits per heavy atom. The molecule has 11 heavy (non-hydrogen) atoms. The van der Waals surface area contributed by atoms with Crippen LogP contribution >= 0.6 is 24.0 Å². The molecule has 0 aliphatic rings. The highest BCUT2D eigenvalue weighted by Crippen LogP contribution is 2.12. The van der Waals surface area contributed by atoms with Crippen molar-refractivity contribution in [2.75, 3.05) is 0 Å². The van der Waals surface area contributed by atoms with E-state index in [1.165, 1.54) is 6.07 Å². The van der Waals surface area contributed by atoms with Crippen LogP contribution in [0.2, 0.25) is 5.02 Å². The zero-order valence-corrected chi connectivity index (χ0v) is 7.12. The topological polar surface area (TPSA) is 38.9 Å². The summed E-state index contributed by atoms with van der Waals surface area (Å²) in [5.74, 6) is -0.442. The van der Waals surface area contributed by atoms with Gasteiger partial charge in [-0.25, -0.2) is 4.39 Å². The number of pyridine rings is 1. The zero-order chi connectivity index (χ0) is 7.56. The first kappa shape index (κ1) is 10.6. The van der Waals surface area contributed by atoms with Crippen molar-refractivity contribution in [3.05, 3.63) is 28.8 Å². The number of hydrogen-bond donors (Lipinski definition) is 1. The van der Waals surface area contributed by atoms with Crippen molar-refractivity contribution >= 4 is 24.0 Å². The summed E-state index contributed by atoms with van der Waals surface area (Å²) < 4.78 is 12.3. The molecule has 62 valence electrons. The predicted molar refractivity (Wildman–Crippen MR) is 44.3 cm³/mol. The Balaban J connectivity index is 0.000001000. The third-order valence-electron chi connectivity index (χ3n) is 1.08. The highest BCUT2D eigenvalue weighted by Gasteiger charge is 1.99. The molecule has 1 aromatic heterocycles. The molecule has 0 aliphatic carbocycles. The van der Waals surface area contributed by atoms with E-state index in [2.05, 4.69) is 4.98 Å². The fraction of sp³-hybridized carbons (Fsp3) is 0.167. The largest absolute Gasteiger partial charge is 0.325 e. The van der Waals surface area contributed by atoms with E-state index in [0.29, 0.717) is 5.69 Å². The lowest BCUT2D eigenvalue weighted by molar-refractivity contribution is 0.619. The monoisotopic (exact) mass is 196 g/mol. The number of nitrogens with two attached hydrogens (primary N) is 1. The Morgan fingerprint density at radius 1 is 1.64 bits per heavy atom.